The van der Waals surface area contributed by atoms with E-state index in [1.54, 1.807) is 40.0 Å². The Labute approximate surface area is 175 Å². The summed E-state index contributed by atoms with van der Waals surface area (Å²) in [5, 5.41) is 6.16. The van der Waals surface area contributed by atoms with Gasteiger partial charge in [-0.15, -0.1) is 0 Å². The zero-order valence-corrected chi connectivity index (χ0v) is 19.5. The first kappa shape index (κ1) is 22.1. The van der Waals surface area contributed by atoms with Crippen LogP contribution in [-0.4, -0.2) is 33.0 Å². The number of carbonyl (C=O) groups excluding carboxylic acids is 1. The molecule has 3 unspecified atom stereocenters. The van der Waals surface area contributed by atoms with E-state index in [9.17, 15) is 13.2 Å². The first-order chi connectivity index (χ1) is 13.2. The smallest absolute Gasteiger partial charge is 0.251 e. The second-order valence-corrected chi connectivity index (χ2v) is 12.3. The van der Waals surface area contributed by atoms with Gasteiger partial charge in [0, 0.05) is 24.2 Å². The number of hydrogen-bond acceptors (Lipinski definition) is 4. The lowest BCUT2D eigenvalue weighted by Crippen LogP contribution is -2.52. The molecule has 162 valence electrons. The van der Waals surface area contributed by atoms with E-state index in [2.05, 4.69) is 36.1 Å². The minimum Gasteiger partial charge on any atom is -0.387 e. The molecule has 2 aliphatic carbocycles. The van der Waals surface area contributed by atoms with Gasteiger partial charge in [0.15, 0.2) is 0 Å². The minimum absolute atomic E-state index is 0.0380. The van der Waals surface area contributed by atoms with Gasteiger partial charge in [0.1, 0.15) is 4.90 Å². The van der Waals surface area contributed by atoms with Crippen LogP contribution in [0.25, 0.3) is 0 Å². The molecule has 2 aliphatic rings. The highest BCUT2D eigenvalue weighted by Crippen LogP contribution is 2.62. The van der Waals surface area contributed by atoms with Crippen LogP contribution in [0.4, 0.5) is 5.69 Å². The molecule has 29 heavy (non-hydrogen) atoms. The van der Waals surface area contributed by atoms with Crippen LogP contribution in [0.2, 0.25) is 0 Å². The Morgan fingerprint density at radius 2 is 1.83 bits per heavy atom. The summed E-state index contributed by atoms with van der Waals surface area (Å²) in [7, 11) is -2.11. The molecular formula is C22H35N3O3S. The molecule has 3 N–H and O–H groups in total. The van der Waals surface area contributed by atoms with Crippen molar-refractivity contribution < 1.29 is 13.2 Å². The molecule has 2 bridgehead atoms. The molecule has 0 saturated heterocycles. The SMILES string of the molecule is CNc1ccc(C(=O)NC2C3(C)CCC(C3)C2(C)C)cc1S(=O)(=O)NC(C)(C)C. The molecule has 0 spiro atoms. The third kappa shape index (κ3) is 4.04. The molecule has 3 atom stereocenters. The fourth-order valence-electron chi connectivity index (χ4n) is 5.43. The number of fused-ring (bicyclic) bond motifs is 2. The highest BCUT2D eigenvalue weighted by molar-refractivity contribution is 7.89. The van der Waals surface area contributed by atoms with Crippen molar-refractivity contribution in [3.8, 4) is 0 Å². The van der Waals surface area contributed by atoms with Crippen molar-refractivity contribution >= 4 is 21.6 Å². The van der Waals surface area contributed by atoms with Crippen LogP contribution in [0, 0.1) is 16.7 Å². The standard InChI is InChI=1S/C22H35N3O3S/c1-20(2,3)25-29(27,28)17-12-14(8-9-16(17)23-7)18(26)24-19-21(4,5)15-10-11-22(19,6)13-15/h8-9,12,15,19,23,25H,10-11,13H2,1-7H3,(H,24,26). The number of sulfonamides is 1. The van der Waals surface area contributed by atoms with Crippen molar-refractivity contribution in [2.24, 2.45) is 16.7 Å². The normalized spacial score (nSPS) is 28.4. The third-order valence-electron chi connectivity index (χ3n) is 6.79. The lowest BCUT2D eigenvalue weighted by Gasteiger charge is -2.43. The highest BCUT2D eigenvalue weighted by atomic mass is 32.2. The van der Waals surface area contributed by atoms with E-state index in [-0.39, 0.29) is 27.7 Å². The number of carbonyl (C=O) groups is 1. The predicted molar refractivity (Wildman–Crippen MR) is 117 cm³/mol. The first-order valence-electron chi connectivity index (χ1n) is 10.4. The van der Waals surface area contributed by atoms with E-state index in [0.29, 0.717) is 17.2 Å². The van der Waals surface area contributed by atoms with Crippen molar-refractivity contribution in [3.05, 3.63) is 23.8 Å². The molecule has 6 nitrogen and oxygen atoms in total. The van der Waals surface area contributed by atoms with Gasteiger partial charge in [-0.2, -0.15) is 0 Å². The van der Waals surface area contributed by atoms with E-state index in [0.717, 1.165) is 12.8 Å². The van der Waals surface area contributed by atoms with E-state index >= 15 is 0 Å². The lowest BCUT2D eigenvalue weighted by molar-refractivity contribution is 0.0737. The van der Waals surface area contributed by atoms with Crippen LogP contribution in [0.15, 0.2) is 23.1 Å². The minimum atomic E-state index is -3.78. The Morgan fingerprint density at radius 1 is 1.17 bits per heavy atom. The average molecular weight is 422 g/mol. The summed E-state index contributed by atoms with van der Waals surface area (Å²) in [6.07, 6.45) is 3.48. The van der Waals surface area contributed by atoms with E-state index in [1.165, 1.54) is 12.5 Å². The third-order valence-corrected chi connectivity index (χ3v) is 8.59. The average Bonchev–Trinajstić information content (AvgIpc) is 3.07. The summed E-state index contributed by atoms with van der Waals surface area (Å²) < 4.78 is 28.5. The van der Waals surface area contributed by atoms with Gasteiger partial charge >= 0.3 is 0 Å². The molecule has 0 aromatic heterocycles. The first-order valence-corrected chi connectivity index (χ1v) is 11.8. The maximum absolute atomic E-state index is 13.1. The van der Waals surface area contributed by atoms with Crippen molar-refractivity contribution in [1.82, 2.24) is 10.0 Å². The second-order valence-electron chi connectivity index (χ2n) is 10.6. The Bertz CT molecular complexity index is 913. The zero-order valence-electron chi connectivity index (χ0n) is 18.6. The van der Waals surface area contributed by atoms with Gasteiger partial charge in [-0.05, 0) is 75.0 Å². The number of nitrogens with one attached hydrogen (secondary N) is 3. The van der Waals surface area contributed by atoms with E-state index in [1.807, 2.05) is 0 Å². The fourth-order valence-corrected chi connectivity index (χ4v) is 7.09. The van der Waals surface area contributed by atoms with Crippen LogP contribution in [-0.2, 0) is 10.0 Å². The summed E-state index contributed by atoms with van der Waals surface area (Å²) in [6.45, 7) is 12.1. The molecule has 7 heteroatoms. The van der Waals surface area contributed by atoms with Gasteiger partial charge < -0.3 is 10.6 Å². The van der Waals surface area contributed by atoms with E-state index < -0.39 is 15.6 Å². The van der Waals surface area contributed by atoms with Crippen LogP contribution in [0.3, 0.4) is 0 Å². The van der Waals surface area contributed by atoms with Gasteiger partial charge in [-0.3, -0.25) is 4.79 Å². The maximum Gasteiger partial charge on any atom is 0.251 e. The number of anilines is 1. The second kappa shape index (κ2) is 6.98. The van der Waals surface area contributed by atoms with Crippen molar-refractivity contribution in [3.63, 3.8) is 0 Å². The molecule has 1 amide bonds. The van der Waals surface area contributed by atoms with Crippen molar-refractivity contribution in [2.75, 3.05) is 12.4 Å². The summed E-state index contributed by atoms with van der Waals surface area (Å²) in [4.78, 5) is 13.2. The van der Waals surface area contributed by atoms with Crippen molar-refractivity contribution in [2.45, 2.75) is 77.3 Å². The molecule has 1 aromatic rings. The van der Waals surface area contributed by atoms with Gasteiger partial charge in [-0.25, -0.2) is 13.1 Å². The van der Waals surface area contributed by atoms with Crippen molar-refractivity contribution in [1.29, 1.82) is 0 Å². The molecule has 1 aromatic carbocycles. The van der Waals surface area contributed by atoms with Gasteiger partial charge in [-0.1, -0.05) is 20.8 Å². The van der Waals surface area contributed by atoms with E-state index in [4.69, 9.17) is 0 Å². The van der Waals surface area contributed by atoms with Gasteiger partial charge in [0.2, 0.25) is 10.0 Å². The zero-order chi connectivity index (χ0) is 21.8. The Balaban J connectivity index is 1.91. The molecule has 0 aliphatic heterocycles. The topological polar surface area (TPSA) is 87.3 Å². The van der Waals surface area contributed by atoms with Crippen LogP contribution in [0.5, 0.6) is 0 Å². The summed E-state index contributed by atoms with van der Waals surface area (Å²) in [5.74, 6) is 0.406. The largest absolute Gasteiger partial charge is 0.387 e. The van der Waals surface area contributed by atoms with Crippen LogP contribution in [0.1, 0.15) is 71.2 Å². The predicted octanol–water partition coefficient (Wildman–Crippen LogP) is 3.75. The Hall–Kier alpha value is -1.60. The Morgan fingerprint density at radius 3 is 2.34 bits per heavy atom. The lowest BCUT2D eigenvalue weighted by atomic mass is 9.68. The van der Waals surface area contributed by atoms with Crippen LogP contribution < -0.4 is 15.4 Å². The molecule has 0 heterocycles. The van der Waals surface area contributed by atoms with Crippen LogP contribution >= 0.6 is 0 Å². The molecule has 2 saturated carbocycles. The summed E-state index contributed by atoms with van der Waals surface area (Å²) >= 11 is 0. The molecule has 2 fully saturated rings. The number of hydrogen-bond donors (Lipinski definition) is 3. The molecule has 3 rings (SSSR count). The quantitative estimate of drug-likeness (QED) is 0.676. The monoisotopic (exact) mass is 421 g/mol. The number of amides is 1. The summed E-state index contributed by atoms with van der Waals surface area (Å²) in [6, 6.07) is 4.88. The molecule has 0 radical (unpaired) electrons. The number of rotatable bonds is 5. The summed E-state index contributed by atoms with van der Waals surface area (Å²) in [5.41, 5.74) is 0.350. The van der Waals surface area contributed by atoms with Gasteiger partial charge in [0.05, 0.1) is 5.69 Å². The maximum atomic E-state index is 13.1. The highest BCUT2D eigenvalue weighted by Gasteiger charge is 2.59. The molecular weight excluding hydrogens is 386 g/mol. The Kier molecular flexibility index (Phi) is 5.32. The van der Waals surface area contributed by atoms with Gasteiger partial charge in [0.25, 0.3) is 5.91 Å². The fraction of sp³-hybridized carbons (Fsp3) is 0.682. The number of benzene rings is 1.